The molecular formula is C19H16F7KN4O3S. The zero-order chi connectivity index (χ0) is 25.6. The number of halogens is 7. The number of nitrogens with zero attached hydrogens (tertiary/aromatic N) is 3. The third-order valence-corrected chi connectivity index (χ3v) is 6.13. The molecule has 1 amide bonds. The number of amides is 1. The van der Waals surface area contributed by atoms with Crippen LogP contribution in [0, 0.1) is 0 Å². The predicted octanol–water partition coefficient (Wildman–Crippen LogP) is 0.743. The molecule has 7 nitrogen and oxygen atoms in total. The molecule has 3 rings (SSSR count). The van der Waals surface area contributed by atoms with Gasteiger partial charge in [0.15, 0.2) is 0 Å². The summed E-state index contributed by atoms with van der Waals surface area (Å²) < 4.78 is 93.5. The first-order valence-electron chi connectivity index (χ1n) is 9.63. The van der Waals surface area contributed by atoms with E-state index in [0.717, 1.165) is 18.0 Å². The van der Waals surface area contributed by atoms with Crippen molar-refractivity contribution in [1.29, 1.82) is 0 Å². The molecule has 2 aromatic heterocycles. The Morgan fingerprint density at radius 3 is 2.43 bits per heavy atom. The molecule has 2 atom stereocenters. The zero-order valence-electron chi connectivity index (χ0n) is 18.4. The van der Waals surface area contributed by atoms with E-state index in [1.807, 2.05) is 5.32 Å². The van der Waals surface area contributed by atoms with E-state index in [2.05, 4.69) is 9.97 Å². The van der Waals surface area contributed by atoms with Crippen LogP contribution in [-0.4, -0.2) is 57.5 Å². The van der Waals surface area contributed by atoms with E-state index in [1.165, 1.54) is 6.92 Å². The van der Waals surface area contributed by atoms with E-state index < -0.39 is 88.0 Å². The van der Waals surface area contributed by atoms with Crippen LogP contribution in [0.3, 0.4) is 0 Å². The minimum absolute atomic E-state index is 0. The molecule has 0 aliphatic carbocycles. The Morgan fingerprint density at radius 2 is 1.94 bits per heavy atom. The van der Waals surface area contributed by atoms with Crippen molar-refractivity contribution >= 4 is 29.0 Å². The molecule has 35 heavy (non-hydrogen) atoms. The van der Waals surface area contributed by atoms with Gasteiger partial charge in [0.2, 0.25) is 0 Å². The molecule has 0 bridgehead atoms. The van der Waals surface area contributed by atoms with E-state index in [1.54, 1.807) is 0 Å². The quantitative estimate of drug-likeness (QED) is 0.420. The van der Waals surface area contributed by atoms with Crippen molar-refractivity contribution in [2.45, 2.75) is 50.9 Å². The molecule has 0 radical (unpaired) electrons. The Bertz CT molecular complexity index is 1110. The molecule has 0 spiro atoms. The van der Waals surface area contributed by atoms with Gasteiger partial charge in [-0.05, 0) is 19.9 Å². The molecule has 1 aliphatic rings. The Hall–Kier alpha value is -1.33. The van der Waals surface area contributed by atoms with Crippen LogP contribution >= 0.6 is 11.3 Å². The van der Waals surface area contributed by atoms with Gasteiger partial charge in [0, 0.05) is 29.8 Å². The molecule has 1 unspecified atom stereocenters. The molecule has 0 aromatic carbocycles. The number of nitrogens with one attached hydrogen (secondary N) is 1. The number of carboxylic acid groups (broad SMARTS) is 1. The first-order chi connectivity index (χ1) is 15.6. The van der Waals surface area contributed by atoms with Crippen LogP contribution < -0.4 is 61.8 Å². The minimum atomic E-state index is -4.69. The SMILES string of the molecule is CC(Nc1cc(C(F)F)c(-c2sc(C(=O)[O-])nc2C(=O)N2CC(F)(F)C[C@@H]2C)cn1)C(F)(F)F.[K+]. The number of thiazole rings is 1. The summed E-state index contributed by atoms with van der Waals surface area (Å²) in [4.78, 5) is 31.9. The molecule has 1 fully saturated rings. The standard InChI is InChI=1S/C19H17F7N4O3S.K/c1-7-4-18(22,23)6-30(7)16(31)12-13(34-15(29-12)17(32)33)10-5-27-11(3-9(10)14(20)21)28-8(2)19(24,25)26;/h3,5,7-8,14H,4,6H2,1-2H3,(H,27,28)(H,32,33);/q;+1/p-1/t7-,8?;/m0./s1. The van der Waals surface area contributed by atoms with Gasteiger partial charge in [-0.1, -0.05) is 0 Å². The summed E-state index contributed by atoms with van der Waals surface area (Å²) in [5.41, 5.74) is -2.02. The average Bonchev–Trinajstić information content (AvgIpc) is 3.27. The zero-order valence-corrected chi connectivity index (χ0v) is 22.4. The Labute approximate surface area is 240 Å². The molecule has 2 aromatic rings. The number of likely N-dealkylation sites (tertiary alicyclic amines) is 1. The number of anilines is 1. The maximum Gasteiger partial charge on any atom is 1.00 e. The van der Waals surface area contributed by atoms with Gasteiger partial charge in [0.05, 0.1) is 11.4 Å². The third kappa shape index (κ3) is 6.71. The summed E-state index contributed by atoms with van der Waals surface area (Å²) in [6.07, 6.45) is -7.89. The fraction of sp³-hybridized carbons (Fsp3) is 0.474. The van der Waals surface area contributed by atoms with Gasteiger partial charge in [-0.3, -0.25) is 4.79 Å². The summed E-state index contributed by atoms with van der Waals surface area (Å²) in [5.74, 6) is -6.71. The molecule has 1 N–H and O–H groups in total. The number of hydrogen-bond acceptors (Lipinski definition) is 7. The molecule has 186 valence electrons. The van der Waals surface area contributed by atoms with E-state index in [4.69, 9.17) is 0 Å². The van der Waals surface area contributed by atoms with Gasteiger partial charge in [0.25, 0.3) is 18.3 Å². The van der Waals surface area contributed by atoms with Gasteiger partial charge in [-0.2, -0.15) is 13.2 Å². The van der Waals surface area contributed by atoms with Crippen LogP contribution in [0.2, 0.25) is 0 Å². The van der Waals surface area contributed by atoms with Gasteiger partial charge >= 0.3 is 57.6 Å². The van der Waals surface area contributed by atoms with E-state index in [-0.39, 0.29) is 62.7 Å². The van der Waals surface area contributed by atoms with Crippen LogP contribution in [0.25, 0.3) is 10.4 Å². The number of pyridine rings is 1. The van der Waals surface area contributed by atoms with Crippen LogP contribution in [0.4, 0.5) is 36.6 Å². The monoisotopic (exact) mass is 552 g/mol. The molecule has 0 saturated carbocycles. The predicted molar refractivity (Wildman–Crippen MR) is 104 cm³/mol. The molecule has 3 heterocycles. The smallest absolute Gasteiger partial charge is 0.542 e. The molecular weight excluding hydrogens is 536 g/mol. The van der Waals surface area contributed by atoms with E-state index in [0.29, 0.717) is 6.07 Å². The van der Waals surface area contributed by atoms with Crippen molar-refractivity contribution in [2.75, 3.05) is 11.9 Å². The average molecular weight is 553 g/mol. The fourth-order valence-electron chi connectivity index (χ4n) is 3.38. The van der Waals surface area contributed by atoms with Crippen molar-refractivity contribution in [2.24, 2.45) is 0 Å². The molecule has 16 heteroatoms. The summed E-state index contributed by atoms with van der Waals surface area (Å²) in [7, 11) is 0. The summed E-state index contributed by atoms with van der Waals surface area (Å²) >= 11 is 0.283. The number of rotatable bonds is 6. The second kappa shape index (κ2) is 11.0. The fourth-order valence-corrected chi connectivity index (χ4v) is 4.30. The Morgan fingerprint density at radius 1 is 1.31 bits per heavy atom. The van der Waals surface area contributed by atoms with Crippen molar-refractivity contribution in [1.82, 2.24) is 14.9 Å². The van der Waals surface area contributed by atoms with Crippen LogP contribution in [0.15, 0.2) is 12.3 Å². The number of hydrogen-bond donors (Lipinski definition) is 1. The summed E-state index contributed by atoms with van der Waals surface area (Å²) in [6, 6.07) is -2.45. The Kier molecular flexibility index (Phi) is 9.36. The summed E-state index contributed by atoms with van der Waals surface area (Å²) in [6.45, 7) is 1.10. The normalized spacial score (nSPS) is 18.3. The van der Waals surface area contributed by atoms with E-state index in [9.17, 15) is 45.4 Å². The van der Waals surface area contributed by atoms with Crippen molar-refractivity contribution < 1.29 is 96.8 Å². The molecule has 1 saturated heterocycles. The second-order valence-electron chi connectivity index (χ2n) is 7.69. The third-order valence-electron chi connectivity index (χ3n) is 5.06. The minimum Gasteiger partial charge on any atom is -0.542 e. The molecule has 1 aliphatic heterocycles. The topological polar surface area (TPSA) is 98.2 Å². The van der Waals surface area contributed by atoms with Gasteiger partial charge in [0.1, 0.15) is 28.5 Å². The van der Waals surface area contributed by atoms with Gasteiger partial charge in [-0.25, -0.2) is 27.5 Å². The van der Waals surface area contributed by atoms with Gasteiger partial charge in [-0.15, -0.1) is 11.3 Å². The van der Waals surface area contributed by atoms with E-state index >= 15 is 0 Å². The van der Waals surface area contributed by atoms with Gasteiger partial charge < -0.3 is 20.1 Å². The van der Waals surface area contributed by atoms with Crippen LogP contribution in [0.1, 0.15) is 52.5 Å². The second-order valence-corrected chi connectivity index (χ2v) is 8.69. The first kappa shape index (κ1) is 29.9. The van der Waals surface area contributed by atoms with Crippen LogP contribution in [0.5, 0.6) is 0 Å². The number of aromatic carboxylic acids is 1. The number of carbonyl (C=O) groups excluding carboxylic acids is 2. The number of aromatic nitrogens is 2. The summed E-state index contributed by atoms with van der Waals surface area (Å²) in [5, 5.41) is 12.5. The number of carbonyl (C=O) groups is 2. The largest absolute Gasteiger partial charge is 1.00 e. The van der Waals surface area contributed by atoms with Crippen molar-refractivity contribution in [3.05, 3.63) is 28.5 Å². The van der Waals surface area contributed by atoms with Crippen molar-refractivity contribution in [3.8, 4) is 10.4 Å². The number of alkyl halides is 7. The maximum atomic E-state index is 13.8. The Balaban J connectivity index is 0.00000432. The van der Waals surface area contributed by atoms with Crippen molar-refractivity contribution in [3.63, 3.8) is 0 Å². The first-order valence-corrected chi connectivity index (χ1v) is 10.4. The van der Waals surface area contributed by atoms with Crippen LogP contribution in [-0.2, 0) is 0 Å². The maximum absolute atomic E-state index is 13.8. The number of carboxylic acids is 1.